The number of rotatable bonds is 2. The first-order valence-electron chi connectivity index (χ1n) is 5.33. The van der Waals surface area contributed by atoms with Gasteiger partial charge in [0.25, 0.3) is 0 Å². The fraction of sp³-hybridized carbons (Fsp3) is 0.231. The Morgan fingerprint density at radius 1 is 1.24 bits per heavy atom. The van der Waals surface area contributed by atoms with E-state index in [1.54, 1.807) is 7.11 Å². The smallest absolute Gasteiger partial charge is 0.143 e. The molecule has 1 aromatic heterocycles. The second-order valence-corrected chi connectivity index (χ2v) is 4.39. The molecule has 2 aromatic rings. The van der Waals surface area contributed by atoms with Gasteiger partial charge in [0, 0.05) is 23.1 Å². The molecule has 90 valence electrons. The molecule has 2 N–H and O–H groups in total. The van der Waals surface area contributed by atoms with Crippen molar-refractivity contribution in [3.05, 3.63) is 40.7 Å². The molecule has 0 fully saturated rings. The van der Waals surface area contributed by atoms with Crippen LogP contribution in [0.1, 0.15) is 11.4 Å². The van der Waals surface area contributed by atoms with Crippen molar-refractivity contribution in [2.24, 2.45) is 0 Å². The molecule has 0 aliphatic rings. The van der Waals surface area contributed by atoms with Gasteiger partial charge in [-0.15, -0.1) is 0 Å². The molecule has 0 amide bonds. The molecule has 1 aromatic carbocycles. The summed E-state index contributed by atoms with van der Waals surface area (Å²) in [5.41, 5.74) is 9.52. The number of halogens is 1. The number of aromatic nitrogens is 1. The van der Waals surface area contributed by atoms with Crippen LogP contribution in [0.25, 0.3) is 5.69 Å². The van der Waals surface area contributed by atoms with Crippen LogP contribution in [0.2, 0.25) is 5.02 Å². The van der Waals surface area contributed by atoms with Crippen LogP contribution in [0.3, 0.4) is 0 Å². The Morgan fingerprint density at radius 2 is 1.94 bits per heavy atom. The lowest BCUT2D eigenvalue weighted by Gasteiger charge is -2.12. The summed E-state index contributed by atoms with van der Waals surface area (Å²) in [6.07, 6.45) is 0. The van der Waals surface area contributed by atoms with E-state index in [0.717, 1.165) is 22.1 Å². The number of hydrogen-bond donors (Lipinski definition) is 1. The largest absolute Gasteiger partial charge is 0.495 e. The summed E-state index contributed by atoms with van der Waals surface area (Å²) in [7, 11) is 1.61. The van der Waals surface area contributed by atoms with Crippen LogP contribution in [-0.2, 0) is 0 Å². The van der Waals surface area contributed by atoms with Gasteiger partial charge in [-0.25, -0.2) is 0 Å². The third-order valence-electron chi connectivity index (χ3n) is 2.84. The minimum absolute atomic E-state index is 0.629. The first-order chi connectivity index (χ1) is 8.04. The van der Waals surface area contributed by atoms with Gasteiger partial charge in [-0.2, -0.15) is 0 Å². The number of anilines is 1. The zero-order valence-corrected chi connectivity index (χ0v) is 10.9. The van der Waals surface area contributed by atoms with Crippen molar-refractivity contribution in [2.45, 2.75) is 13.8 Å². The summed E-state index contributed by atoms with van der Waals surface area (Å²) in [6.45, 7) is 4.00. The topological polar surface area (TPSA) is 40.2 Å². The van der Waals surface area contributed by atoms with Crippen LogP contribution in [0.4, 0.5) is 5.69 Å². The SMILES string of the molecule is COc1cc(-n2c(C)cc(Cl)c2C)ccc1N. The van der Waals surface area contributed by atoms with Gasteiger partial charge in [-0.1, -0.05) is 11.6 Å². The molecule has 4 heteroatoms. The maximum atomic E-state index is 6.11. The fourth-order valence-electron chi connectivity index (χ4n) is 1.96. The molecule has 0 radical (unpaired) electrons. The van der Waals surface area contributed by atoms with Gasteiger partial charge in [-0.3, -0.25) is 0 Å². The van der Waals surface area contributed by atoms with Crippen LogP contribution in [0.5, 0.6) is 5.75 Å². The van der Waals surface area contributed by atoms with Crippen LogP contribution in [0.15, 0.2) is 24.3 Å². The average molecular weight is 251 g/mol. The molecule has 0 unspecified atom stereocenters. The van der Waals surface area contributed by atoms with E-state index >= 15 is 0 Å². The Balaban J connectivity index is 2.60. The minimum Gasteiger partial charge on any atom is -0.495 e. The zero-order valence-electron chi connectivity index (χ0n) is 10.1. The molecule has 17 heavy (non-hydrogen) atoms. The van der Waals surface area contributed by atoms with E-state index in [2.05, 4.69) is 4.57 Å². The lowest BCUT2D eigenvalue weighted by molar-refractivity contribution is 0.417. The Morgan fingerprint density at radius 3 is 2.47 bits per heavy atom. The van der Waals surface area contributed by atoms with Crippen molar-refractivity contribution in [1.82, 2.24) is 4.57 Å². The Labute approximate surface area is 106 Å². The molecule has 0 atom stereocenters. The van der Waals surface area contributed by atoms with E-state index in [-0.39, 0.29) is 0 Å². The number of aryl methyl sites for hydroxylation is 1. The van der Waals surface area contributed by atoms with Gasteiger partial charge in [-0.05, 0) is 32.0 Å². The summed E-state index contributed by atoms with van der Waals surface area (Å²) >= 11 is 6.11. The molecular weight excluding hydrogens is 236 g/mol. The first kappa shape index (κ1) is 11.9. The van der Waals surface area contributed by atoms with Crippen molar-refractivity contribution < 1.29 is 4.74 Å². The average Bonchev–Trinajstić information content (AvgIpc) is 2.55. The molecule has 3 nitrogen and oxygen atoms in total. The highest BCUT2D eigenvalue weighted by atomic mass is 35.5. The molecule has 0 bridgehead atoms. The van der Waals surface area contributed by atoms with E-state index in [0.29, 0.717) is 11.4 Å². The number of hydrogen-bond acceptors (Lipinski definition) is 2. The molecular formula is C13H15ClN2O. The Kier molecular flexibility index (Phi) is 3.03. The highest BCUT2D eigenvalue weighted by molar-refractivity contribution is 6.31. The van der Waals surface area contributed by atoms with Gasteiger partial charge in [0.15, 0.2) is 0 Å². The van der Waals surface area contributed by atoms with Gasteiger partial charge in [0.2, 0.25) is 0 Å². The Bertz CT molecular complexity index is 561. The molecule has 0 aliphatic heterocycles. The minimum atomic E-state index is 0.629. The van der Waals surface area contributed by atoms with Crippen LogP contribution in [0, 0.1) is 13.8 Å². The van der Waals surface area contributed by atoms with Crippen molar-refractivity contribution >= 4 is 17.3 Å². The standard InChI is InChI=1S/C13H15ClN2O/c1-8-6-11(14)9(2)16(8)10-4-5-12(15)13(7-10)17-3/h4-7H,15H2,1-3H3. The second kappa shape index (κ2) is 4.34. The number of nitrogens with zero attached hydrogens (tertiary/aromatic N) is 1. The summed E-state index contributed by atoms with van der Waals surface area (Å²) in [6, 6.07) is 7.64. The molecule has 0 aliphatic carbocycles. The van der Waals surface area contributed by atoms with Gasteiger partial charge in [0.1, 0.15) is 5.75 Å². The van der Waals surface area contributed by atoms with Crippen LogP contribution in [-0.4, -0.2) is 11.7 Å². The molecule has 0 saturated heterocycles. The number of nitrogen functional groups attached to an aromatic ring is 1. The predicted octanol–water partition coefficient (Wildman–Crippen LogP) is 3.34. The van der Waals surface area contributed by atoms with Crippen LogP contribution >= 0.6 is 11.6 Å². The normalized spacial score (nSPS) is 10.6. The number of benzene rings is 1. The Hall–Kier alpha value is -1.61. The number of methoxy groups -OCH3 is 1. The van der Waals surface area contributed by atoms with Crippen molar-refractivity contribution in [1.29, 1.82) is 0 Å². The van der Waals surface area contributed by atoms with E-state index < -0.39 is 0 Å². The quantitative estimate of drug-likeness (QED) is 0.831. The molecule has 2 rings (SSSR count). The second-order valence-electron chi connectivity index (χ2n) is 3.98. The molecule has 1 heterocycles. The predicted molar refractivity (Wildman–Crippen MR) is 71.2 cm³/mol. The summed E-state index contributed by atoms with van der Waals surface area (Å²) < 4.78 is 7.30. The van der Waals surface area contributed by atoms with Crippen molar-refractivity contribution in [3.8, 4) is 11.4 Å². The third kappa shape index (κ3) is 1.98. The first-order valence-corrected chi connectivity index (χ1v) is 5.70. The van der Waals surface area contributed by atoms with Crippen molar-refractivity contribution in [3.63, 3.8) is 0 Å². The third-order valence-corrected chi connectivity index (χ3v) is 3.23. The van der Waals surface area contributed by atoms with Gasteiger partial charge in [0.05, 0.1) is 17.8 Å². The maximum Gasteiger partial charge on any atom is 0.143 e. The lowest BCUT2D eigenvalue weighted by atomic mass is 10.2. The van der Waals surface area contributed by atoms with E-state index in [1.165, 1.54) is 0 Å². The summed E-state index contributed by atoms with van der Waals surface area (Å²) in [5, 5.41) is 0.762. The van der Waals surface area contributed by atoms with E-state index in [1.807, 2.05) is 38.1 Å². The maximum absolute atomic E-state index is 6.11. The monoisotopic (exact) mass is 250 g/mol. The summed E-state index contributed by atoms with van der Waals surface area (Å²) in [4.78, 5) is 0. The van der Waals surface area contributed by atoms with Gasteiger partial charge < -0.3 is 15.0 Å². The van der Waals surface area contributed by atoms with Crippen LogP contribution < -0.4 is 10.5 Å². The lowest BCUT2D eigenvalue weighted by Crippen LogP contribution is -2.00. The zero-order chi connectivity index (χ0) is 12.6. The highest BCUT2D eigenvalue weighted by Gasteiger charge is 2.10. The molecule has 0 saturated carbocycles. The van der Waals surface area contributed by atoms with Crippen molar-refractivity contribution in [2.75, 3.05) is 12.8 Å². The number of ether oxygens (including phenoxy) is 1. The summed E-state index contributed by atoms with van der Waals surface area (Å²) in [5.74, 6) is 0.672. The van der Waals surface area contributed by atoms with E-state index in [9.17, 15) is 0 Å². The van der Waals surface area contributed by atoms with Gasteiger partial charge >= 0.3 is 0 Å². The highest BCUT2D eigenvalue weighted by Crippen LogP contribution is 2.29. The number of nitrogens with two attached hydrogens (primary N) is 1. The fourth-order valence-corrected chi connectivity index (χ4v) is 2.20. The van der Waals surface area contributed by atoms with E-state index in [4.69, 9.17) is 22.1 Å². The molecule has 0 spiro atoms.